The minimum Gasteiger partial charge on any atom is -0.506 e. The Morgan fingerprint density at radius 2 is 1.64 bits per heavy atom. The third-order valence-electron chi connectivity index (χ3n) is 5.20. The third-order valence-corrected chi connectivity index (χ3v) is 7.41. The molecule has 33 heavy (non-hydrogen) atoms. The fraction of sp³-hybridized carbons (Fsp3) is 0.0435. The molecule has 5 aromatic rings. The van der Waals surface area contributed by atoms with Crippen LogP contribution in [0.4, 0.5) is 0 Å². The summed E-state index contributed by atoms with van der Waals surface area (Å²) in [5.41, 5.74) is 2.20. The van der Waals surface area contributed by atoms with Crippen molar-refractivity contribution < 1.29 is 13.5 Å². The Morgan fingerprint density at radius 1 is 0.848 bits per heavy atom. The van der Waals surface area contributed by atoms with Gasteiger partial charge in [0.05, 0.1) is 28.2 Å². The second-order valence-electron chi connectivity index (χ2n) is 7.07. The van der Waals surface area contributed by atoms with Crippen LogP contribution >= 0.6 is 45.6 Å². The van der Waals surface area contributed by atoms with Gasteiger partial charge >= 0.3 is 0 Å². The van der Waals surface area contributed by atoms with E-state index in [0.717, 1.165) is 5.56 Å². The number of benzene rings is 3. The van der Waals surface area contributed by atoms with Crippen molar-refractivity contribution in [1.82, 2.24) is 14.5 Å². The summed E-state index contributed by atoms with van der Waals surface area (Å²) in [6.07, 6.45) is 3.12. The van der Waals surface area contributed by atoms with E-state index in [2.05, 4.69) is 9.97 Å². The van der Waals surface area contributed by atoms with E-state index in [4.69, 9.17) is 11.6 Å². The van der Waals surface area contributed by atoms with Crippen LogP contribution in [0.1, 0.15) is 5.56 Å². The number of hydrogen-bond donors (Lipinski definition) is 1. The molecule has 2 aromatic heterocycles. The maximum Gasteiger partial charge on any atom is 0.209 e. The number of rotatable bonds is 4. The van der Waals surface area contributed by atoms with E-state index in [1.807, 2.05) is 34.9 Å². The smallest absolute Gasteiger partial charge is 0.209 e. The first-order valence-electron chi connectivity index (χ1n) is 9.46. The molecule has 0 saturated carbocycles. The Bertz CT molecular complexity index is 1570. The van der Waals surface area contributed by atoms with Crippen molar-refractivity contribution in [3.63, 3.8) is 0 Å². The van der Waals surface area contributed by atoms with E-state index in [1.165, 1.54) is 18.3 Å². The van der Waals surface area contributed by atoms with Crippen molar-refractivity contribution in [1.29, 1.82) is 0 Å². The molecule has 0 atom stereocenters. The van der Waals surface area contributed by atoms with Gasteiger partial charge in [-0.15, -0.1) is 34.0 Å². The van der Waals surface area contributed by atoms with Crippen molar-refractivity contribution in [3.8, 4) is 5.75 Å². The first kappa shape index (κ1) is 25.2. The van der Waals surface area contributed by atoms with Gasteiger partial charge in [0.25, 0.3) is 0 Å². The van der Waals surface area contributed by atoms with Gasteiger partial charge in [-0.3, -0.25) is 4.98 Å². The number of imidazole rings is 1. The highest BCUT2D eigenvalue weighted by atomic mass is 79.9. The van der Waals surface area contributed by atoms with Gasteiger partial charge in [0.1, 0.15) is 16.8 Å². The summed E-state index contributed by atoms with van der Waals surface area (Å²) in [6, 6.07) is 18.6. The number of hydrogen-bond acceptors (Lipinski definition) is 5. The van der Waals surface area contributed by atoms with Crippen LogP contribution in [0.5, 0.6) is 5.75 Å². The molecule has 0 aliphatic heterocycles. The number of sulfone groups is 1. The van der Waals surface area contributed by atoms with Gasteiger partial charge in [-0.05, 0) is 48.0 Å². The average molecular weight is 612 g/mol. The molecular weight excluding hydrogens is 594 g/mol. The Hall–Kier alpha value is -2.46. The van der Waals surface area contributed by atoms with Gasteiger partial charge in [-0.1, -0.05) is 35.9 Å². The fourth-order valence-electron chi connectivity index (χ4n) is 3.70. The van der Waals surface area contributed by atoms with Gasteiger partial charge in [0.15, 0.2) is 0 Å². The van der Waals surface area contributed by atoms with Crippen molar-refractivity contribution in [2.24, 2.45) is 0 Å². The molecule has 0 radical (unpaired) electrons. The largest absolute Gasteiger partial charge is 0.506 e. The summed E-state index contributed by atoms with van der Waals surface area (Å²) in [6.45, 7) is 0.464. The maximum atomic E-state index is 13.6. The number of para-hydroxylation sites is 1. The van der Waals surface area contributed by atoms with E-state index >= 15 is 0 Å². The lowest BCUT2D eigenvalue weighted by atomic mass is 10.2. The predicted octanol–water partition coefficient (Wildman–Crippen LogP) is 5.98. The number of fused-ring (bicyclic) bond motifs is 2. The molecule has 5 rings (SSSR count). The molecule has 170 valence electrons. The van der Waals surface area contributed by atoms with Crippen LogP contribution in [0.15, 0.2) is 89.0 Å². The van der Waals surface area contributed by atoms with E-state index in [9.17, 15) is 13.5 Å². The first-order valence-corrected chi connectivity index (χ1v) is 11.3. The van der Waals surface area contributed by atoms with Crippen LogP contribution in [0.2, 0.25) is 5.02 Å². The zero-order chi connectivity index (χ0) is 21.6. The van der Waals surface area contributed by atoms with Crippen LogP contribution in [0, 0.1) is 0 Å². The summed E-state index contributed by atoms with van der Waals surface area (Å²) in [4.78, 5) is 8.70. The molecular formula is C23H18Br2ClN3O3S. The summed E-state index contributed by atoms with van der Waals surface area (Å²) in [5, 5.41) is 11.1. The van der Waals surface area contributed by atoms with Gasteiger partial charge in [-0.2, -0.15) is 0 Å². The predicted molar refractivity (Wildman–Crippen MR) is 140 cm³/mol. The topological polar surface area (TPSA) is 85.1 Å². The van der Waals surface area contributed by atoms with Gasteiger partial charge in [0, 0.05) is 16.6 Å². The zero-order valence-electron chi connectivity index (χ0n) is 16.9. The number of phenolic OH excluding ortho intramolecular Hbond substituents is 1. The summed E-state index contributed by atoms with van der Waals surface area (Å²) in [7, 11) is -3.93. The molecule has 0 bridgehead atoms. The lowest BCUT2D eigenvalue weighted by Crippen LogP contribution is -2.05. The van der Waals surface area contributed by atoms with Crippen molar-refractivity contribution in [2.75, 3.05) is 0 Å². The average Bonchev–Trinajstić information content (AvgIpc) is 3.18. The van der Waals surface area contributed by atoms with E-state index < -0.39 is 9.84 Å². The van der Waals surface area contributed by atoms with E-state index in [1.54, 1.807) is 30.6 Å². The zero-order valence-corrected chi connectivity index (χ0v) is 21.9. The molecule has 0 aliphatic rings. The molecule has 0 fully saturated rings. The number of aromatic nitrogens is 3. The second kappa shape index (κ2) is 9.80. The molecule has 0 amide bonds. The Morgan fingerprint density at radius 3 is 2.42 bits per heavy atom. The molecule has 2 heterocycles. The maximum absolute atomic E-state index is 13.6. The highest BCUT2D eigenvalue weighted by Gasteiger charge is 2.25. The van der Waals surface area contributed by atoms with Crippen LogP contribution in [-0.2, 0) is 16.4 Å². The number of aromatic hydroxyl groups is 1. The molecule has 3 aromatic carbocycles. The van der Waals surface area contributed by atoms with Crippen molar-refractivity contribution in [2.45, 2.75) is 16.3 Å². The van der Waals surface area contributed by atoms with Crippen molar-refractivity contribution >= 4 is 77.3 Å². The van der Waals surface area contributed by atoms with Crippen LogP contribution in [0.25, 0.3) is 21.9 Å². The number of nitrogens with zero attached hydrogens (tertiary/aromatic N) is 3. The highest BCUT2D eigenvalue weighted by molar-refractivity contribution is 8.93. The van der Waals surface area contributed by atoms with E-state index in [0.29, 0.717) is 28.0 Å². The summed E-state index contributed by atoms with van der Waals surface area (Å²) < 4.78 is 29.1. The van der Waals surface area contributed by atoms with Crippen LogP contribution in [0.3, 0.4) is 0 Å². The molecule has 6 nitrogen and oxygen atoms in total. The van der Waals surface area contributed by atoms with Gasteiger partial charge in [0.2, 0.25) is 9.84 Å². The molecule has 0 aliphatic carbocycles. The Kier molecular flexibility index (Phi) is 7.48. The van der Waals surface area contributed by atoms with Crippen LogP contribution in [-0.4, -0.2) is 28.1 Å². The second-order valence-corrected chi connectivity index (χ2v) is 9.37. The molecule has 1 N–H and O–H groups in total. The number of halogens is 3. The Labute approximate surface area is 216 Å². The molecule has 0 spiro atoms. The van der Waals surface area contributed by atoms with Crippen molar-refractivity contribution in [3.05, 3.63) is 89.8 Å². The monoisotopic (exact) mass is 609 g/mol. The number of phenols is 1. The first-order chi connectivity index (χ1) is 15.0. The standard InChI is InChI=1S/C23H16ClN3O3S.2BrH/c24-17-7-2-1-5-15(17)13-27-14-26-23-18(27)8-3-9-21(23)31(29,30)20-11-10-19(28)22-16(20)6-4-12-25-22;;/h1-12,14,28H,13H2;2*1H. The number of pyridine rings is 1. The Balaban J connectivity index is 0.00000153. The lowest BCUT2D eigenvalue weighted by molar-refractivity contribution is 0.480. The highest BCUT2D eigenvalue weighted by Crippen LogP contribution is 2.34. The molecule has 0 unspecified atom stereocenters. The van der Waals surface area contributed by atoms with Gasteiger partial charge < -0.3 is 9.67 Å². The fourth-order valence-corrected chi connectivity index (χ4v) is 5.50. The quantitative estimate of drug-likeness (QED) is 0.270. The minimum atomic E-state index is -3.93. The third kappa shape index (κ3) is 4.38. The molecule has 0 saturated heterocycles. The normalized spacial score (nSPS) is 11.2. The van der Waals surface area contributed by atoms with E-state index in [-0.39, 0.29) is 55.0 Å². The minimum absolute atomic E-state index is 0. The summed E-state index contributed by atoms with van der Waals surface area (Å²) in [5.74, 6) is -0.0724. The van der Waals surface area contributed by atoms with Crippen LogP contribution < -0.4 is 0 Å². The SMILES string of the molecule is Br.Br.O=S(=O)(c1ccc(O)c2ncccc12)c1cccc2c1ncn2Cc1ccccc1Cl. The van der Waals surface area contributed by atoms with Gasteiger partial charge in [-0.25, -0.2) is 13.4 Å². The lowest BCUT2D eigenvalue weighted by Gasteiger charge is -2.10. The molecule has 10 heteroatoms. The summed E-state index contributed by atoms with van der Waals surface area (Å²) >= 11 is 6.29.